The number of rotatable bonds is 3. The van der Waals surface area contributed by atoms with Gasteiger partial charge in [-0.05, 0) is 24.6 Å². The smallest absolute Gasteiger partial charge is 0.259 e. The SMILES string of the molecule is Cc1ncc(/C=C/c2cc(=O)n3c(-c4ccccc4)csc3n2)s1. The lowest BCUT2D eigenvalue weighted by Gasteiger charge is -2.01. The zero-order valence-electron chi connectivity index (χ0n) is 12.8. The van der Waals surface area contributed by atoms with Crippen LogP contribution in [0.2, 0.25) is 0 Å². The molecule has 0 spiro atoms. The third-order valence-electron chi connectivity index (χ3n) is 3.55. The molecule has 0 saturated heterocycles. The van der Waals surface area contributed by atoms with Gasteiger partial charge in [0, 0.05) is 22.5 Å². The molecule has 0 amide bonds. The first-order valence-electron chi connectivity index (χ1n) is 7.38. The van der Waals surface area contributed by atoms with Crippen molar-refractivity contribution < 1.29 is 0 Å². The minimum atomic E-state index is -0.0692. The molecule has 0 fully saturated rings. The van der Waals surface area contributed by atoms with Crippen LogP contribution in [0.3, 0.4) is 0 Å². The fourth-order valence-electron chi connectivity index (χ4n) is 2.45. The Labute approximate surface area is 146 Å². The van der Waals surface area contributed by atoms with Gasteiger partial charge in [0.1, 0.15) is 0 Å². The summed E-state index contributed by atoms with van der Waals surface area (Å²) in [6, 6.07) is 11.4. The summed E-state index contributed by atoms with van der Waals surface area (Å²) in [5, 5.41) is 2.99. The van der Waals surface area contributed by atoms with Gasteiger partial charge >= 0.3 is 0 Å². The van der Waals surface area contributed by atoms with Gasteiger partial charge in [-0.1, -0.05) is 30.3 Å². The van der Waals surface area contributed by atoms with Crippen LogP contribution in [0.5, 0.6) is 0 Å². The number of nitrogens with zero attached hydrogens (tertiary/aromatic N) is 3. The van der Waals surface area contributed by atoms with Crippen molar-refractivity contribution in [3.05, 3.63) is 73.9 Å². The van der Waals surface area contributed by atoms with Crippen molar-refractivity contribution in [3.63, 3.8) is 0 Å². The average Bonchev–Trinajstić information content (AvgIpc) is 3.20. The van der Waals surface area contributed by atoms with Crippen LogP contribution in [0.15, 0.2) is 52.8 Å². The third kappa shape index (κ3) is 2.81. The summed E-state index contributed by atoms with van der Waals surface area (Å²) in [6.07, 6.45) is 5.62. The van der Waals surface area contributed by atoms with Crippen LogP contribution >= 0.6 is 22.7 Å². The van der Waals surface area contributed by atoms with Crippen molar-refractivity contribution in [3.8, 4) is 11.3 Å². The van der Waals surface area contributed by atoms with Crippen molar-refractivity contribution >= 4 is 39.8 Å². The summed E-state index contributed by atoms with van der Waals surface area (Å²) in [5.41, 5.74) is 2.48. The summed E-state index contributed by atoms with van der Waals surface area (Å²) < 4.78 is 1.66. The van der Waals surface area contributed by atoms with E-state index in [0.29, 0.717) is 10.7 Å². The quantitative estimate of drug-likeness (QED) is 0.551. The molecular formula is C18H13N3OS2. The highest BCUT2D eigenvalue weighted by atomic mass is 32.1. The van der Waals surface area contributed by atoms with E-state index in [2.05, 4.69) is 9.97 Å². The maximum absolute atomic E-state index is 12.6. The number of benzene rings is 1. The van der Waals surface area contributed by atoms with E-state index in [1.54, 1.807) is 21.8 Å². The molecular weight excluding hydrogens is 338 g/mol. The van der Waals surface area contributed by atoms with Gasteiger partial charge in [-0.25, -0.2) is 9.97 Å². The number of fused-ring (bicyclic) bond motifs is 1. The molecule has 0 bridgehead atoms. The molecule has 0 aliphatic carbocycles. The molecule has 0 N–H and O–H groups in total. The Morgan fingerprint density at radius 3 is 2.75 bits per heavy atom. The number of hydrogen-bond donors (Lipinski definition) is 0. The van der Waals surface area contributed by atoms with Gasteiger partial charge < -0.3 is 0 Å². The van der Waals surface area contributed by atoms with E-state index in [1.165, 1.54) is 11.3 Å². The summed E-state index contributed by atoms with van der Waals surface area (Å²) in [5.74, 6) is 0. The van der Waals surface area contributed by atoms with Crippen LogP contribution < -0.4 is 5.56 Å². The molecule has 4 aromatic rings. The van der Waals surface area contributed by atoms with E-state index in [9.17, 15) is 4.79 Å². The molecule has 0 saturated carbocycles. The predicted octanol–water partition coefficient (Wildman–Crippen LogP) is 4.36. The van der Waals surface area contributed by atoms with Crippen LogP contribution in [-0.2, 0) is 0 Å². The van der Waals surface area contributed by atoms with Gasteiger partial charge in [-0.15, -0.1) is 22.7 Å². The van der Waals surface area contributed by atoms with E-state index >= 15 is 0 Å². The Morgan fingerprint density at radius 1 is 1.17 bits per heavy atom. The highest BCUT2D eigenvalue weighted by Gasteiger charge is 2.09. The lowest BCUT2D eigenvalue weighted by atomic mass is 10.2. The second-order valence-corrected chi connectivity index (χ2v) is 7.34. The Balaban J connectivity index is 1.77. The van der Waals surface area contributed by atoms with Crippen molar-refractivity contribution in [2.24, 2.45) is 0 Å². The molecule has 6 heteroatoms. The minimum Gasteiger partial charge on any atom is -0.269 e. The molecule has 0 unspecified atom stereocenters. The average molecular weight is 351 g/mol. The summed E-state index contributed by atoms with van der Waals surface area (Å²) >= 11 is 3.08. The van der Waals surface area contributed by atoms with Gasteiger partial charge in [0.15, 0.2) is 4.96 Å². The van der Waals surface area contributed by atoms with Crippen LogP contribution in [0, 0.1) is 6.92 Å². The molecule has 0 atom stereocenters. The fraction of sp³-hybridized carbons (Fsp3) is 0.0556. The molecule has 0 radical (unpaired) electrons. The van der Waals surface area contributed by atoms with Crippen molar-refractivity contribution in [2.45, 2.75) is 6.92 Å². The Bertz CT molecular complexity index is 1090. The minimum absolute atomic E-state index is 0.0692. The molecule has 24 heavy (non-hydrogen) atoms. The Morgan fingerprint density at radius 2 is 2.00 bits per heavy atom. The molecule has 118 valence electrons. The lowest BCUT2D eigenvalue weighted by Crippen LogP contribution is -2.13. The number of hydrogen-bond acceptors (Lipinski definition) is 5. The maximum Gasteiger partial charge on any atom is 0.259 e. The molecule has 1 aromatic carbocycles. The fourth-order valence-corrected chi connectivity index (χ4v) is 4.05. The van der Waals surface area contributed by atoms with E-state index in [0.717, 1.165) is 21.1 Å². The Hall–Kier alpha value is -2.57. The van der Waals surface area contributed by atoms with Crippen molar-refractivity contribution in [2.75, 3.05) is 0 Å². The maximum atomic E-state index is 12.6. The topological polar surface area (TPSA) is 47.3 Å². The van der Waals surface area contributed by atoms with Gasteiger partial charge in [0.05, 0.1) is 16.4 Å². The standard InChI is InChI=1S/C18H13N3OS2/c1-12-19-10-15(24-12)8-7-14-9-17(22)21-16(11-23-18(21)20-14)13-5-3-2-4-6-13/h2-11H,1H3/b8-7+. The summed E-state index contributed by atoms with van der Waals surface area (Å²) in [7, 11) is 0. The van der Waals surface area contributed by atoms with Gasteiger partial charge in [-0.3, -0.25) is 9.20 Å². The first kappa shape index (κ1) is 15.0. The van der Waals surface area contributed by atoms with Crippen molar-refractivity contribution in [1.29, 1.82) is 0 Å². The molecule has 4 rings (SSSR count). The molecule has 3 heterocycles. The van der Waals surface area contributed by atoms with E-state index in [-0.39, 0.29) is 5.56 Å². The monoisotopic (exact) mass is 351 g/mol. The molecule has 3 aromatic heterocycles. The second-order valence-electron chi connectivity index (χ2n) is 5.24. The lowest BCUT2D eigenvalue weighted by molar-refractivity contribution is 1.08. The number of thiazole rings is 2. The van der Waals surface area contributed by atoms with Gasteiger partial charge in [-0.2, -0.15) is 0 Å². The first-order valence-corrected chi connectivity index (χ1v) is 9.07. The normalized spacial score (nSPS) is 11.5. The van der Waals surface area contributed by atoms with E-state index < -0.39 is 0 Å². The van der Waals surface area contributed by atoms with Crippen LogP contribution in [-0.4, -0.2) is 14.4 Å². The summed E-state index contributed by atoms with van der Waals surface area (Å²) in [4.78, 5) is 23.1. The zero-order valence-corrected chi connectivity index (χ0v) is 14.5. The predicted molar refractivity (Wildman–Crippen MR) is 101 cm³/mol. The van der Waals surface area contributed by atoms with Gasteiger partial charge in [0.2, 0.25) is 0 Å². The number of aryl methyl sites for hydroxylation is 1. The zero-order chi connectivity index (χ0) is 16.5. The summed E-state index contributed by atoms with van der Waals surface area (Å²) in [6.45, 7) is 1.97. The molecule has 0 aliphatic rings. The van der Waals surface area contributed by atoms with Crippen molar-refractivity contribution in [1.82, 2.24) is 14.4 Å². The third-order valence-corrected chi connectivity index (χ3v) is 5.26. The molecule has 0 aliphatic heterocycles. The van der Waals surface area contributed by atoms with Crippen LogP contribution in [0.1, 0.15) is 15.6 Å². The second kappa shape index (κ2) is 6.14. The number of aromatic nitrogens is 3. The van der Waals surface area contributed by atoms with Gasteiger partial charge in [0.25, 0.3) is 5.56 Å². The highest BCUT2D eigenvalue weighted by molar-refractivity contribution is 7.15. The Kier molecular flexibility index (Phi) is 3.84. The van der Waals surface area contributed by atoms with E-state index in [1.807, 2.05) is 61.0 Å². The van der Waals surface area contributed by atoms with Crippen LogP contribution in [0.4, 0.5) is 0 Å². The molecule has 4 nitrogen and oxygen atoms in total. The van der Waals surface area contributed by atoms with E-state index in [4.69, 9.17) is 0 Å². The van der Waals surface area contributed by atoms with Crippen LogP contribution in [0.25, 0.3) is 28.4 Å². The highest BCUT2D eigenvalue weighted by Crippen LogP contribution is 2.24. The largest absolute Gasteiger partial charge is 0.269 e. The first-order chi connectivity index (χ1) is 11.7.